The molecule has 0 aliphatic carbocycles. The van der Waals surface area contributed by atoms with E-state index >= 15 is 0 Å². The molecule has 0 saturated heterocycles. The summed E-state index contributed by atoms with van der Waals surface area (Å²) in [5.41, 5.74) is 3.51. The highest BCUT2D eigenvalue weighted by Gasteiger charge is 2.23. The lowest BCUT2D eigenvalue weighted by atomic mass is 10.0. The predicted octanol–water partition coefficient (Wildman–Crippen LogP) is 5.06. The van der Waals surface area contributed by atoms with Crippen LogP contribution in [-0.4, -0.2) is 17.1 Å². The molecule has 128 valence electrons. The summed E-state index contributed by atoms with van der Waals surface area (Å²) < 4.78 is 7.67. The van der Waals surface area contributed by atoms with Crippen LogP contribution in [0.1, 0.15) is 35.8 Å². The summed E-state index contributed by atoms with van der Waals surface area (Å²) in [6.07, 6.45) is 0. The first-order valence-electron chi connectivity index (χ1n) is 8.40. The van der Waals surface area contributed by atoms with Crippen molar-refractivity contribution in [3.8, 4) is 5.75 Å². The Labute approximate surface area is 151 Å². The van der Waals surface area contributed by atoms with Gasteiger partial charge in [0.15, 0.2) is 0 Å². The normalized spacial score (nSPS) is 13.1. The van der Waals surface area contributed by atoms with E-state index in [1.54, 1.807) is 6.07 Å². The maximum absolute atomic E-state index is 12.8. The van der Waals surface area contributed by atoms with Gasteiger partial charge in [-0.3, -0.25) is 4.79 Å². The number of rotatable bonds is 3. The number of amides is 1. The fourth-order valence-electron chi connectivity index (χ4n) is 3.24. The van der Waals surface area contributed by atoms with E-state index in [1.807, 2.05) is 41.0 Å². The molecule has 4 rings (SSSR count). The zero-order chi connectivity index (χ0) is 17.6. The molecule has 1 N–H and O–H groups in total. The molecule has 0 saturated carbocycles. The van der Waals surface area contributed by atoms with Gasteiger partial charge in [-0.2, -0.15) is 0 Å². The lowest BCUT2D eigenvalue weighted by Crippen LogP contribution is -2.21. The Morgan fingerprint density at radius 2 is 1.96 bits per heavy atom. The monoisotopic (exact) mass is 354 g/mol. The number of nitrogens with zero attached hydrogens (tertiary/aromatic N) is 1. The highest BCUT2D eigenvalue weighted by atomic mass is 35.5. The maximum atomic E-state index is 12.8. The van der Waals surface area contributed by atoms with Gasteiger partial charge in [0.1, 0.15) is 18.1 Å². The second-order valence-corrected chi connectivity index (χ2v) is 6.98. The van der Waals surface area contributed by atoms with Crippen molar-refractivity contribution < 1.29 is 9.53 Å². The first-order valence-corrected chi connectivity index (χ1v) is 8.78. The van der Waals surface area contributed by atoms with Gasteiger partial charge in [-0.15, -0.1) is 0 Å². The molecule has 1 aliphatic heterocycles. The highest BCUT2D eigenvalue weighted by Crippen LogP contribution is 2.36. The number of halogens is 1. The molecule has 5 heteroatoms. The van der Waals surface area contributed by atoms with Crippen molar-refractivity contribution in [2.45, 2.75) is 26.3 Å². The first kappa shape index (κ1) is 16.0. The molecule has 0 radical (unpaired) electrons. The number of aromatic nitrogens is 1. The lowest BCUT2D eigenvalue weighted by molar-refractivity contribution is 0.101. The molecular weight excluding hydrogens is 336 g/mol. The van der Waals surface area contributed by atoms with Crippen molar-refractivity contribution in [1.82, 2.24) is 4.57 Å². The fourth-order valence-corrected chi connectivity index (χ4v) is 3.45. The number of ether oxygens (including phenoxy) is 1. The Kier molecular flexibility index (Phi) is 3.92. The summed E-state index contributed by atoms with van der Waals surface area (Å²) in [7, 11) is 0. The molecule has 2 aromatic carbocycles. The van der Waals surface area contributed by atoms with Crippen molar-refractivity contribution in [2.24, 2.45) is 0 Å². The van der Waals surface area contributed by atoms with Gasteiger partial charge in [0.25, 0.3) is 5.91 Å². The van der Waals surface area contributed by atoms with Gasteiger partial charge in [-0.1, -0.05) is 37.6 Å². The van der Waals surface area contributed by atoms with Gasteiger partial charge in [0.2, 0.25) is 0 Å². The molecular formula is C20H19ClN2O2. The summed E-state index contributed by atoms with van der Waals surface area (Å²) in [6.45, 7) is 5.47. The average Bonchev–Trinajstić information content (AvgIpc) is 3.00. The van der Waals surface area contributed by atoms with Gasteiger partial charge < -0.3 is 14.6 Å². The number of hydrogen-bond acceptors (Lipinski definition) is 2. The summed E-state index contributed by atoms with van der Waals surface area (Å²) >= 11 is 6.31. The van der Waals surface area contributed by atoms with Gasteiger partial charge in [0.05, 0.1) is 17.1 Å². The quantitative estimate of drug-likeness (QED) is 0.714. The van der Waals surface area contributed by atoms with Crippen LogP contribution in [0.15, 0.2) is 42.5 Å². The Morgan fingerprint density at radius 3 is 2.68 bits per heavy atom. The van der Waals surface area contributed by atoms with E-state index in [0.717, 1.165) is 22.3 Å². The molecule has 1 amide bonds. The van der Waals surface area contributed by atoms with Crippen molar-refractivity contribution in [3.63, 3.8) is 0 Å². The fraction of sp³-hybridized carbons (Fsp3) is 0.250. The number of benzene rings is 2. The van der Waals surface area contributed by atoms with E-state index < -0.39 is 0 Å². The van der Waals surface area contributed by atoms with Gasteiger partial charge in [-0.25, -0.2) is 0 Å². The van der Waals surface area contributed by atoms with Crippen LogP contribution in [0.5, 0.6) is 5.75 Å². The van der Waals surface area contributed by atoms with E-state index in [-0.39, 0.29) is 5.91 Å². The van der Waals surface area contributed by atoms with Crippen molar-refractivity contribution >= 4 is 34.1 Å². The molecule has 0 fully saturated rings. The predicted molar refractivity (Wildman–Crippen MR) is 101 cm³/mol. The molecule has 0 bridgehead atoms. The minimum absolute atomic E-state index is 0.141. The SMILES string of the molecule is CC(C)c1ccc(NC(=O)c2cc3c(Cl)ccc4c3n2CCO4)cc1. The number of anilines is 1. The van der Waals surface area contributed by atoms with Crippen LogP contribution in [0.3, 0.4) is 0 Å². The van der Waals surface area contributed by atoms with Crippen LogP contribution in [0.25, 0.3) is 10.9 Å². The third-order valence-corrected chi connectivity index (χ3v) is 4.94. The number of carbonyl (C=O) groups excluding carboxylic acids is 1. The van der Waals surface area contributed by atoms with E-state index in [2.05, 4.69) is 19.2 Å². The standard InChI is InChI=1S/C20H19ClN2O2/c1-12(2)13-3-5-14(6-4-13)22-20(24)17-11-15-16(21)7-8-18-19(15)23(17)9-10-25-18/h3-8,11-12H,9-10H2,1-2H3,(H,22,24). The largest absolute Gasteiger partial charge is 0.490 e. The van der Waals surface area contributed by atoms with Crippen molar-refractivity contribution in [3.05, 3.63) is 58.7 Å². The Hall–Kier alpha value is -2.46. The Morgan fingerprint density at radius 1 is 1.20 bits per heavy atom. The molecule has 3 aromatic rings. The second kappa shape index (κ2) is 6.12. The van der Waals surface area contributed by atoms with Crippen molar-refractivity contribution in [2.75, 3.05) is 11.9 Å². The van der Waals surface area contributed by atoms with E-state index in [0.29, 0.717) is 29.8 Å². The maximum Gasteiger partial charge on any atom is 0.272 e. The van der Waals surface area contributed by atoms with Crippen LogP contribution in [0, 0.1) is 0 Å². The number of nitrogens with one attached hydrogen (secondary N) is 1. The van der Waals surface area contributed by atoms with Gasteiger partial charge >= 0.3 is 0 Å². The van der Waals surface area contributed by atoms with Crippen LogP contribution in [-0.2, 0) is 6.54 Å². The molecule has 0 spiro atoms. The zero-order valence-electron chi connectivity index (χ0n) is 14.2. The summed E-state index contributed by atoms with van der Waals surface area (Å²) in [5.74, 6) is 1.09. The summed E-state index contributed by atoms with van der Waals surface area (Å²) in [4.78, 5) is 12.8. The van der Waals surface area contributed by atoms with Gasteiger partial charge in [-0.05, 0) is 41.8 Å². The highest BCUT2D eigenvalue weighted by molar-refractivity contribution is 6.36. The third-order valence-electron chi connectivity index (χ3n) is 4.61. The molecule has 25 heavy (non-hydrogen) atoms. The summed E-state index contributed by atoms with van der Waals surface area (Å²) in [5, 5.41) is 4.45. The Bertz CT molecular complexity index is 958. The van der Waals surface area contributed by atoms with Crippen LogP contribution >= 0.6 is 11.6 Å². The molecule has 4 nitrogen and oxygen atoms in total. The Balaban J connectivity index is 1.69. The van der Waals surface area contributed by atoms with E-state index in [1.165, 1.54) is 5.56 Å². The minimum atomic E-state index is -0.141. The van der Waals surface area contributed by atoms with Crippen molar-refractivity contribution in [1.29, 1.82) is 0 Å². The van der Waals surface area contributed by atoms with Crippen LogP contribution in [0.2, 0.25) is 5.02 Å². The first-order chi connectivity index (χ1) is 12.0. The molecule has 2 heterocycles. The van der Waals surface area contributed by atoms with Crippen LogP contribution < -0.4 is 10.1 Å². The summed E-state index contributed by atoms with van der Waals surface area (Å²) in [6, 6.07) is 13.5. The number of carbonyl (C=O) groups is 1. The lowest BCUT2D eigenvalue weighted by Gasteiger charge is -2.19. The zero-order valence-corrected chi connectivity index (χ0v) is 14.9. The topological polar surface area (TPSA) is 43.3 Å². The molecule has 0 atom stereocenters. The van der Waals surface area contributed by atoms with Crippen LogP contribution in [0.4, 0.5) is 5.69 Å². The van der Waals surface area contributed by atoms with E-state index in [9.17, 15) is 4.79 Å². The second-order valence-electron chi connectivity index (χ2n) is 6.57. The minimum Gasteiger partial charge on any atom is -0.490 e. The van der Waals surface area contributed by atoms with Gasteiger partial charge in [0, 0.05) is 11.1 Å². The molecule has 1 aliphatic rings. The number of hydrogen-bond donors (Lipinski definition) is 1. The molecule has 1 aromatic heterocycles. The average molecular weight is 355 g/mol. The smallest absolute Gasteiger partial charge is 0.272 e. The van der Waals surface area contributed by atoms with E-state index in [4.69, 9.17) is 16.3 Å². The molecule has 0 unspecified atom stereocenters. The third kappa shape index (κ3) is 2.76.